The maximum absolute atomic E-state index is 13.5. The zero-order chi connectivity index (χ0) is 24.3. The average molecular weight is 467 g/mol. The van der Waals surface area contributed by atoms with Crippen molar-refractivity contribution in [2.24, 2.45) is 0 Å². The molecule has 0 aliphatic carbocycles. The number of nitrogens with one attached hydrogen (secondary N) is 1. The molecule has 0 aromatic heterocycles. The molecular weight excluding hydrogens is 434 g/mol. The molecule has 2 aliphatic heterocycles. The van der Waals surface area contributed by atoms with Crippen molar-refractivity contribution in [1.29, 1.82) is 0 Å². The standard InChI is InChI=1S/C28H32F2N2O2/c1-19-4-13-25(20(2)31-19)27(33)34-28(3)15-17-32(18-28)16-14-26(21-5-9-23(29)10-6-21)22-7-11-24(30)12-8-22/h4-12,26,31H,13-18H2,1-3H3. The topological polar surface area (TPSA) is 41.6 Å². The van der Waals surface area contributed by atoms with Gasteiger partial charge in [0, 0.05) is 43.2 Å². The zero-order valence-corrected chi connectivity index (χ0v) is 20.0. The Labute approximate surface area is 200 Å². The molecule has 1 unspecified atom stereocenters. The molecule has 0 saturated carbocycles. The van der Waals surface area contributed by atoms with E-state index in [1.165, 1.54) is 24.3 Å². The number of hydrogen-bond acceptors (Lipinski definition) is 4. The summed E-state index contributed by atoms with van der Waals surface area (Å²) in [5.74, 6) is -0.786. The highest BCUT2D eigenvalue weighted by molar-refractivity contribution is 5.90. The van der Waals surface area contributed by atoms with Crippen LogP contribution in [0.2, 0.25) is 0 Å². The van der Waals surface area contributed by atoms with Gasteiger partial charge < -0.3 is 10.1 Å². The quantitative estimate of drug-likeness (QED) is 0.534. The molecule has 2 heterocycles. The van der Waals surface area contributed by atoms with Crippen LogP contribution < -0.4 is 5.32 Å². The molecule has 4 nitrogen and oxygen atoms in total. The van der Waals surface area contributed by atoms with Crippen LogP contribution in [-0.2, 0) is 9.53 Å². The maximum atomic E-state index is 13.5. The summed E-state index contributed by atoms with van der Waals surface area (Å²) < 4.78 is 33.0. The smallest absolute Gasteiger partial charge is 0.336 e. The van der Waals surface area contributed by atoms with Crippen molar-refractivity contribution in [2.45, 2.75) is 51.6 Å². The number of carbonyl (C=O) groups is 1. The Hall–Kier alpha value is -2.99. The second-order valence-corrected chi connectivity index (χ2v) is 9.63. The highest BCUT2D eigenvalue weighted by atomic mass is 19.1. The predicted molar refractivity (Wildman–Crippen MR) is 129 cm³/mol. The first-order valence-electron chi connectivity index (χ1n) is 11.8. The molecule has 0 bridgehead atoms. The highest BCUT2D eigenvalue weighted by Gasteiger charge is 2.38. The molecule has 2 aliphatic rings. The number of dihydropyridines is 1. The molecule has 0 amide bonds. The summed E-state index contributed by atoms with van der Waals surface area (Å²) >= 11 is 0. The van der Waals surface area contributed by atoms with Gasteiger partial charge in [-0.05, 0) is 69.1 Å². The van der Waals surface area contributed by atoms with Gasteiger partial charge in [0.05, 0.1) is 5.57 Å². The third kappa shape index (κ3) is 5.73. The molecule has 180 valence electrons. The molecule has 6 heteroatoms. The first-order chi connectivity index (χ1) is 16.2. The van der Waals surface area contributed by atoms with Crippen molar-refractivity contribution in [3.8, 4) is 0 Å². The zero-order valence-electron chi connectivity index (χ0n) is 20.0. The number of esters is 1. The van der Waals surface area contributed by atoms with Crippen LogP contribution >= 0.6 is 0 Å². The normalized spacial score (nSPS) is 20.9. The Kier molecular flexibility index (Phi) is 7.17. The molecule has 1 fully saturated rings. The lowest BCUT2D eigenvalue weighted by molar-refractivity contribution is -0.152. The van der Waals surface area contributed by atoms with Crippen molar-refractivity contribution in [2.75, 3.05) is 19.6 Å². The van der Waals surface area contributed by atoms with E-state index in [-0.39, 0.29) is 23.5 Å². The van der Waals surface area contributed by atoms with Crippen LogP contribution in [-0.4, -0.2) is 36.1 Å². The summed E-state index contributed by atoms with van der Waals surface area (Å²) in [6.45, 7) is 8.16. The number of nitrogens with zero attached hydrogens (tertiary/aromatic N) is 1. The molecule has 34 heavy (non-hydrogen) atoms. The van der Waals surface area contributed by atoms with Gasteiger partial charge in [0.2, 0.25) is 0 Å². The van der Waals surface area contributed by atoms with Crippen LogP contribution in [0.4, 0.5) is 8.78 Å². The fourth-order valence-corrected chi connectivity index (χ4v) is 4.88. The second-order valence-electron chi connectivity index (χ2n) is 9.63. The number of hydrogen-bond donors (Lipinski definition) is 1. The van der Waals surface area contributed by atoms with E-state index in [4.69, 9.17) is 4.74 Å². The van der Waals surface area contributed by atoms with Gasteiger partial charge in [-0.2, -0.15) is 0 Å². The van der Waals surface area contributed by atoms with E-state index in [1.807, 2.05) is 26.8 Å². The van der Waals surface area contributed by atoms with Crippen molar-refractivity contribution in [3.05, 3.63) is 94.3 Å². The Bertz CT molecular complexity index is 1050. The molecule has 1 atom stereocenters. The van der Waals surface area contributed by atoms with Gasteiger partial charge in [-0.15, -0.1) is 0 Å². The fraction of sp³-hybridized carbons (Fsp3) is 0.393. The largest absolute Gasteiger partial charge is 0.455 e. The summed E-state index contributed by atoms with van der Waals surface area (Å²) in [4.78, 5) is 15.1. The lowest BCUT2D eigenvalue weighted by Crippen LogP contribution is -2.37. The van der Waals surface area contributed by atoms with E-state index in [1.54, 1.807) is 24.3 Å². The number of carbonyl (C=O) groups excluding carboxylic acids is 1. The van der Waals surface area contributed by atoms with Crippen molar-refractivity contribution >= 4 is 5.97 Å². The Morgan fingerprint density at radius 3 is 2.21 bits per heavy atom. The highest BCUT2D eigenvalue weighted by Crippen LogP contribution is 2.32. The molecule has 4 rings (SSSR count). The summed E-state index contributed by atoms with van der Waals surface area (Å²) in [6, 6.07) is 13.0. The van der Waals surface area contributed by atoms with Gasteiger partial charge in [0.15, 0.2) is 0 Å². The Morgan fingerprint density at radius 1 is 1.06 bits per heavy atom. The minimum Gasteiger partial charge on any atom is -0.455 e. The number of halogens is 2. The second kappa shape index (κ2) is 10.1. The van der Waals surface area contributed by atoms with Gasteiger partial charge in [0.25, 0.3) is 0 Å². The number of benzene rings is 2. The van der Waals surface area contributed by atoms with Crippen LogP contribution in [0.25, 0.3) is 0 Å². The van der Waals surface area contributed by atoms with Crippen molar-refractivity contribution < 1.29 is 18.3 Å². The first-order valence-corrected chi connectivity index (χ1v) is 11.8. The summed E-state index contributed by atoms with van der Waals surface area (Å²) in [7, 11) is 0. The van der Waals surface area contributed by atoms with E-state index in [9.17, 15) is 13.6 Å². The van der Waals surface area contributed by atoms with Crippen LogP contribution in [0.5, 0.6) is 0 Å². The van der Waals surface area contributed by atoms with E-state index < -0.39 is 5.60 Å². The van der Waals surface area contributed by atoms with Crippen molar-refractivity contribution in [3.63, 3.8) is 0 Å². The number of likely N-dealkylation sites (tertiary alicyclic amines) is 1. The SMILES string of the molecule is CC1=CCC(C(=O)OC2(C)CCN(CCC(c3ccc(F)cc3)c3ccc(F)cc3)C2)=C(C)N1. The number of ether oxygens (including phenoxy) is 1. The monoisotopic (exact) mass is 466 g/mol. The molecule has 2 aromatic carbocycles. The van der Waals surface area contributed by atoms with E-state index in [0.717, 1.165) is 48.5 Å². The van der Waals surface area contributed by atoms with Crippen LogP contribution in [0.3, 0.4) is 0 Å². The van der Waals surface area contributed by atoms with Crippen molar-refractivity contribution in [1.82, 2.24) is 10.2 Å². The summed E-state index contributed by atoms with van der Waals surface area (Å²) in [5.41, 5.74) is 4.03. The predicted octanol–water partition coefficient (Wildman–Crippen LogP) is 5.67. The van der Waals surface area contributed by atoms with E-state index in [2.05, 4.69) is 10.2 Å². The van der Waals surface area contributed by atoms with Gasteiger partial charge in [-0.25, -0.2) is 13.6 Å². The number of rotatable bonds is 7. The van der Waals surface area contributed by atoms with Crippen LogP contribution in [0, 0.1) is 11.6 Å². The lowest BCUT2D eigenvalue weighted by atomic mass is 9.88. The van der Waals surface area contributed by atoms with Gasteiger partial charge >= 0.3 is 5.97 Å². The Balaban J connectivity index is 1.40. The number of allylic oxidation sites excluding steroid dienone is 3. The van der Waals surface area contributed by atoms with E-state index in [0.29, 0.717) is 18.5 Å². The van der Waals surface area contributed by atoms with Crippen LogP contribution in [0.15, 0.2) is 71.6 Å². The van der Waals surface area contributed by atoms with Crippen LogP contribution in [0.1, 0.15) is 57.1 Å². The average Bonchev–Trinajstić information content (AvgIpc) is 3.16. The maximum Gasteiger partial charge on any atom is 0.336 e. The van der Waals surface area contributed by atoms with Gasteiger partial charge in [-0.3, -0.25) is 4.90 Å². The fourth-order valence-electron chi connectivity index (χ4n) is 4.88. The molecule has 0 radical (unpaired) electrons. The molecular formula is C28H32F2N2O2. The first kappa shape index (κ1) is 24.1. The molecule has 2 aromatic rings. The summed E-state index contributed by atoms with van der Waals surface area (Å²) in [6.07, 6.45) is 4.14. The molecule has 0 spiro atoms. The molecule has 1 saturated heterocycles. The minimum absolute atomic E-state index is 0.0201. The Morgan fingerprint density at radius 2 is 1.65 bits per heavy atom. The van der Waals surface area contributed by atoms with Gasteiger partial charge in [-0.1, -0.05) is 30.3 Å². The van der Waals surface area contributed by atoms with Gasteiger partial charge in [0.1, 0.15) is 17.2 Å². The minimum atomic E-state index is -0.540. The third-order valence-corrected chi connectivity index (χ3v) is 6.83. The van der Waals surface area contributed by atoms with E-state index >= 15 is 0 Å². The lowest BCUT2D eigenvalue weighted by Gasteiger charge is -2.28. The summed E-state index contributed by atoms with van der Waals surface area (Å²) in [5, 5.41) is 3.21. The third-order valence-electron chi connectivity index (χ3n) is 6.83. The molecule has 1 N–H and O–H groups in total.